The van der Waals surface area contributed by atoms with Gasteiger partial charge in [-0.25, -0.2) is 9.37 Å². The van der Waals surface area contributed by atoms with Gasteiger partial charge < -0.3 is 5.32 Å². The van der Waals surface area contributed by atoms with Gasteiger partial charge in [0.2, 0.25) is 0 Å². The minimum absolute atomic E-state index is 0.0366. The maximum absolute atomic E-state index is 13.6. The fourth-order valence-corrected chi connectivity index (χ4v) is 3.31. The predicted octanol–water partition coefficient (Wildman–Crippen LogP) is 5.31. The molecule has 0 aliphatic rings. The van der Waals surface area contributed by atoms with Crippen molar-refractivity contribution >= 4 is 34.5 Å². The fourth-order valence-electron chi connectivity index (χ4n) is 1.98. The van der Waals surface area contributed by atoms with Gasteiger partial charge in [0.25, 0.3) is 0 Å². The Morgan fingerprint density at radius 1 is 1.20 bits per heavy atom. The molecule has 0 fully saturated rings. The summed E-state index contributed by atoms with van der Waals surface area (Å²) in [6, 6.07) is 2.78. The Morgan fingerprint density at radius 2 is 1.90 bits per heavy atom. The Kier molecular flexibility index (Phi) is 5.02. The fraction of sp³-hybridized carbons (Fsp3) is 0.357. The van der Waals surface area contributed by atoms with Crippen molar-refractivity contribution in [1.29, 1.82) is 0 Å². The van der Waals surface area contributed by atoms with E-state index in [9.17, 15) is 4.39 Å². The molecule has 0 saturated heterocycles. The molecular weight excluding hydrogens is 318 g/mol. The molecule has 1 aromatic carbocycles. The predicted molar refractivity (Wildman–Crippen MR) is 83.2 cm³/mol. The molecular formula is C14H15Cl2FN2S. The molecule has 2 atom stereocenters. The van der Waals surface area contributed by atoms with Crippen molar-refractivity contribution in [3.05, 3.63) is 49.6 Å². The summed E-state index contributed by atoms with van der Waals surface area (Å²) in [7, 11) is 0. The van der Waals surface area contributed by atoms with Gasteiger partial charge in [-0.05, 0) is 38.5 Å². The van der Waals surface area contributed by atoms with E-state index in [-0.39, 0.29) is 17.1 Å². The van der Waals surface area contributed by atoms with Gasteiger partial charge in [0.05, 0.1) is 11.1 Å². The van der Waals surface area contributed by atoms with E-state index in [0.717, 1.165) is 9.88 Å². The molecule has 0 aliphatic carbocycles. The van der Waals surface area contributed by atoms with Crippen molar-refractivity contribution in [2.75, 3.05) is 0 Å². The van der Waals surface area contributed by atoms with Gasteiger partial charge in [-0.2, -0.15) is 0 Å². The smallest absolute Gasteiger partial charge is 0.142 e. The van der Waals surface area contributed by atoms with Crippen molar-refractivity contribution in [2.24, 2.45) is 0 Å². The van der Waals surface area contributed by atoms with E-state index < -0.39 is 5.82 Å². The third kappa shape index (κ3) is 3.50. The number of rotatable bonds is 4. The third-order valence-corrected chi connectivity index (χ3v) is 4.73. The summed E-state index contributed by atoms with van der Waals surface area (Å²) in [5, 5.41) is 4.86. The number of thiazole rings is 1. The number of nitrogens with one attached hydrogen (secondary N) is 1. The summed E-state index contributed by atoms with van der Waals surface area (Å²) < 4.78 is 13.6. The first kappa shape index (κ1) is 15.7. The Hall–Kier alpha value is -0.680. The van der Waals surface area contributed by atoms with E-state index >= 15 is 0 Å². The molecule has 0 spiro atoms. The number of benzene rings is 1. The van der Waals surface area contributed by atoms with Gasteiger partial charge in [0, 0.05) is 22.1 Å². The van der Waals surface area contributed by atoms with E-state index in [1.165, 1.54) is 12.1 Å². The molecule has 108 valence electrons. The SMILES string of the molecule is Cc1cnc(C(C)NC(C)c2cc(F)c(Cl)cc2Cl)s1. The number of halogens is 3. The van der Waals surface area contributed by atoms with Crippen LogP contribution in [-0.4, -0.2) is 4.98 Å². The van der Waals surface area contributed by atoms with Gasteiger partial charge in [-0.1, -0.05) is 23.2 Å². The average molecular weight is 333 g/mol. The van der Waals surface area contributed by atoms with Crippen molar-refractivity contribution in [3.63, 3.8) is 0 Å². The number of aryl methyl sites for hydroxylation is 1. The molecule has 0 bridgehead atoms. The lowest BCUT2D eigenvalue weighted by molar-refractivity contribution is 0.490. The van der Waals surface area contributed by atoms with E-state index in [0.29, 0.717) is 10.6 Å². The van der Waals surface area contributed by atoms with Crippen molar-refractivity contribution in [3.8, 4) is 0 Å². The topological polar surface area (TPSA) is 24.9 Å². The van der Waals surface area contributed by atoms with Crippen LogP contribution >= 0.6 is 34.5 Å². The monoisotopic (exact) mass is 332 g/mol. The Bertz CT molecular complexity index is 615. The Labute approximate surface area is 131 Å². The zero-order chi connectivity index (χ0) is 14.9. The Morgan fingerprint density at radius 3 is 2.50 bits per heavy atom. The van der Waals surface area contributed by atoms with E-state index in [2.05, 4.69) is 10.3 Å². The van der Waals surface area contributed by atoms with Gasteiger partial charge in [0.15, 0.2) is 0 Å². The quantitative estimate of drug-likeness (QED) is 0.767. The van der Waals surface area contributed by atoms with Crippen LogP contribution in [0.4, 0.5) is 4.39 Å². The molecule has 2 rings (SSSR count). The minimum Gasteiger partial charge on any atom is -0.301 e. The summed E-state index contributed by atoms with van der Waals surface area (Å²) in [4.78, 5) is 5.51. The molecule has 6 heteroatoms. The second-order valence-electron chi connectivity index (χ2n) is 4.71. The minimum atomic E-state index is -0.461. The third-order valence-electron chi connectivity index (χ3n) is 3.02. The number of hydrogen-bond donors (Lipinski definition) is 1. The van der Waals surface area contributed by atoms with Crippen LogP contribution < -0.4 is 5.32 Å². The highest BCUT2D eigenvalue weighted by Gasteiger charge is 2.17. The molecule has 0 aliphatic heterocycles. The molecule has 1 aromatic heterocycles. The van der Waals surface area contributed by atoms with E-state index in [1.807, 2.05) is 27.0 Å². The van der Waals surface area contributed by atoms with Crippen LogP contribution in [0.3, 0.4) is 0 Å². The average Bonchev–Trinajstić information content (AvgIpc) is 2.80. The first-order valence-electron chi connectivity index (χ1n) is 6.21. The van der Waals surface area contributed by atoms with E-state index in [1.54, 1.807) is 11.3 Å². The van der Waals surface area contributed by atoms with Crippen LogP contribution in [0.25, 0.3) is 0 Å². The van der Waals surface area contributed by atoms with E-state index in [4.69, 9.17) is 23.2 Å². The molecule has 1 N–H and O–H groups in total. The number of aromatic nitrogens is 1. The van der Waals surface area contributed by atoms with Gasteiger partial charge in [-0.3, -0.25) is 0 Å². The summed E-state index contributed by atoms with van der Waals surface area (Å²) in [5.41, 5.74) is 0.689. The summed E-state index contributed by atoms with van der Waals surface area (Å²) in [5.74, 6) is -0.461. The van der Waals surface area contributed by atoms with Gasteiger partial charge in [0.1, 0.15) is 10.8 Å². The van der Waals surface area contributed by atoms with Crippen LogP contribution in [0.15, 0.2) is 18.3 Å². The van der Waals surface area contributed by atoms with Crippen LogP contribution in [0.2, 0.25) is 10.0 Å². The highest BCUT2D eigenvalue weighted by Crippen LogP contribution is 2.30. The molecule has 2 aromatic rings. The number of nitrogens with zero attached hydrogens (tertiary/aromatic N) is 1. The molecule has 2 unspecified atom stereocenters. The largest absolute Gasteiger partial charge is 0.301 e. The second kappa shape index (κ2) is 6.39. The van der Waals surface area contributed by atoms with Gasteiger partial charge in [-0.15, -0.1) is 11.3 Å². The number of hydrogen-bond acceptors (Lipinski definition) is 3. The van der Waals surface area contributed by atoms with Gasteiger partial charge >= 0.3 is 0 Å². The zero-order valence-corrected chi connectivity index (χ0v) is 13.7. The lowest BCUT2D eigenvalue weighted by atomic mass is 10.1. The molecule has 0 radical (unpaired) electrons. The van der Waals surface area contributed by atoms with Crippen LogP contribution in [0.1, 0.15) is 41.4 Å². The first-order chi connectivity index (χ1) is 9.38. The zero-order valence-electron chi connectivity index (χ0n) is 11.4. The first-order valence-corrected chi connectivity index (χ1v) is 7.78. The van der Waals surface area contributed by atoms with Crippen molar-refractivity contribution in [1.82, 2.24) is 10.3 Å². The summed E-state index contributed by atoms with van der Waals surface area (Å²) in [6.07, 6.45) is 1.85. The maximum Gasteiger partial charge on any atom is 0.142 e. The van der Waals surface area contributed by atoms with Crippen LogP contribution in [0.5, 0.6) is 0 Å². The highest BCUT2D eigenvalue weighted by molar-refractivity contribution is 7.11. The standard InChI is InChI=1S/C14H15Cl2FN2S/c1-7-6-18-14(20-7)9(3)19-8(2)10-4-13(17)12(16)5-11(10)15/h4-6,8-9,19H,1-3H3. The molecule has 2 nitrogen and oxygen atoms in total. The lowest BCUT2D eigenvalue weighted by Crippen LogP contribution is -2.22. The van der Waals surface area contributed by atoms with Crippen LogP contribution in [-0.2, 0) is 0 Å². The highest BCUT2D eigenvalue weighted by atomic mass is 35.5. The summed E-state index contributed by atoms with van der Waals surface area (Å²) in [6.45, 7) is 5.98. The normalized spacial score (nSPS) is 14.3. The lowest BCUT2D eigenvalue weighted by Gasteiger charge is -2.20. The molecule has 1 heterocycles. The molecule has 0 saturated carbocycles. The van der Waals surface area contributed by atoms with Crippen LogP contribution in [0, 0.1) is 12.7 Å². The second-order valence-corrected chi connectivity index (χ2v) is 6.79. The maximum atomic E-state index is 13.6. The van der Waals surface area contributed by atoms with Crippen molar-refractivity contribution in [2.45, 2.75) is 32.9 Å². The molecule has 20 heavy (non-hydrogen) atoms. The Balaban J connectivity index is 2.16. The summed E-state index contributed by atoms with van der Waals surface area (Å²) >= 11 is 13.5. The van der Waals surface area contributed by atoms with Crippen molar-refractivity contribution < 1.29 is 4.39 Å². The molecule has 0 amide bonds.